The van der Waals surface area contributed by atoms with Crippen molar-refractivity contribution in [2.45, 2.75) is 6.54 Å². The zero-order chi connectivity index (χ0) is 13.8. The van der Waals surface area contributed by atoms with E-state index in [0.717, 1.165) is 5.56 Å². The third kappa shape index (κ3) is 3.12. The molecule has 0 bridgehead atoms. The number of benzene rings is 2. The summed E-state index contributed by atoms with van der Waals surface area (Å²) in [6, 6.07) is 13.2. The van der Waals surface area contributed by atoms with Crippen molar-refractivity contribution in [2.75, 3.05) is 7.05 Å². The maximum Gasteiger partial charge on any atom is 0.256 e. The van der Waals surface area contributed by atoms with E-state index < -0.39 is 5.82 Å². The Morgan fingerprint density at radius 3 is 2.47 bits per heavy atom. The number of carbonyl (C=O) groups is 1. The number of hydrogen-bond donors (Lipinski definition) is 0. The summed E-state index contributed by atoms with van der Waals surface area (Å²) in [5.41, 5.74) is 0.897. The molecule has 0 aromatic heterocycles. The molecule has 2 aromatic rings. The smallest absolute Gasteiger partial charge is 0.256 e. The van der Waals surface area contributed by atoms with Crippen molar-refractivity contribution in [3.05, 3.63) is 70.5 Å². The van der Waals surface area contributed by atoms with E-state index in [2.05, 4.69) is 0 Å². The van der Waals surface area contributed by atoms with E-state index in [1.165, 1.54) is 17.0 Å². The molecule has 0 aliphatic carbocycles. The zero-order valence-corrected chi connectivity index (χ0v) is 11.2. The second-order valence-corrected chi connectivity index (χ2v) is 4.64. The van der Waals surface area contributed by atoms with Gasteiger partial charge in [-0.3, -0.25) is 4.79 Å². The fourth-order valence-electron chi connectivity index (χ4n) is 1.79. The third-order valence-corrected chi connectivity index (χ3v) is 3.19. The first kappa shape index (κ1) is 13.6. The van der Waals surface area contributed by atoms with E-state index in [9.17, 15) is 9.18 Å². The number of carbonyl (C=O) groups excluding carboxylic acids is 1. The quantitative estimate of drug-likeness (QED) is 0.837. The van der Waals surface area contributed by atoms with Crippen LogP contribution in [0.2, 0.25) is 5.02 Å². The summed E-state index contributed by atoms with van der Waals surface area (Å²) in [5.74, 6) is -0.878. The van der Waals surface area contributed by atoms with Crippen LogP contribution in [0.5, 0.6) is 0 Å². The second-order valence-electron chi connectivity index (χ2n) is 4.23. The van der Waals surface area contributed by atoms with E-state index in [-0.39, 0.29) is 11.5 Å². The van der Waals surface area contributed by atoms with Crippen molar-refractivity contribution in [2.24, 2.45) is 0 Å². The lowest BCUT2D eigenvalue weighted by Crippen LogP contribution is -2.27. The van der Waals surface area contributed by atoms with Gasteiger partial charge in [-0.15, -0.1) is 0 Å². The Kier molecular flexibility index (Phi) is 4.17. The lowest BCUT2D eigenvalue weighted by Gasteiger charge is -2.18. The van der Waals surface area contributed by atoms with Crippen LogP contribution in [0.15, 0.2) is 48.5 Å². The highest BCUT2D eigenvalue weighted by Crippen LogP contribution is 2.18. The predicted molar refractivity (Wildman–Crippen MR) is 73.6 cm³/mol. The molecule has 1 amide bonds. The topological polar surface area (TPSA) is 20.3 Å². The van der Waals surface area contributed by atoms with Gasteiger partial charge in [-0.05, 0) is 23.8 Å². The Labute approximate surface area is 116 Å². The molecule has 0 aliphatic rings. The van der Waals surface area contributed by atoms with Gasteiger partial charge in [0, 0.05) is 18.6 Å². The third-order valence-electron chi connectivity index (χ3n) is 2.82. The van der Waals surface area contributed by atoms with Crippen molar-refractivity contribution in [1.82, 2.24) is 4.90 Å². The average Bonchev–Trinajstić information content (AvgIpc) is 2.41. The number of amides is 1. The van der Waals surface area contributed by atoms with Gasteiger partial charge >= 0.3 is 0 Å². The molecule has 2 aromatic carbocycles. The summed E-state index contributed by atoms with van der Waals surface area (Å²) in [7, 11) is 1.62. The van der Waals surface area contributed by atoms with Crippen LogP contribution in [-0.2, 0) is 6.54 Å². The Bertz CT molecular complexity index is 600. The molecule has 0 saturated heterocycles. The maximum absolute atomic E-state index is 13.5. The standard InChI is InChI=1S/C15H13ClFNO/c1-18(10-11-6-2-4-8-13(11)16)15(19)12-7-3-5-9-14(12)17/h2-9H,10H2,1H3. The first-order valence-electron chi connectivity index (χ1n) is 5.83. The Hall–Kier alpha value is -1.87. The first-order valence-corrected chi connectivity index (χ1v) is 6.21. The van der Waals surface area contributed by atoms with Gasteiger partial charge in [0.2, 0.25) is 0 Å². The fourth-order valence-corrected chi connectivity index (χ4v) is 1.99. The van der Waals surface area contributed by atoms with Crippen molar-refractivity contribution in [3.8, 4) is 0 Å². The molecule has 0 atom stereocenters. The molecule has 2 rings (SSSR count). The number of halogens is 2. The minimum Gasteiger partial charge on any atom is -0.337 e. The van der Waals surface area contributed by atoms with Gasteiger partial charge in [0.05, 0.1) is 5.56 Å². The van der Waals surface area contributed by atoms with Gasteiger partial charge in [-0.1, -0.05) is 41.9 Å². The normalized spacial score (nSPS) is 10.3. The summed E-state index contributed by atoms with van der Waals surface area (Å²) in [6.45, 7) is 0.340. The highest BCUT2D eigenvalue weighted by Gasteiger charge is 2.16. The molecule has 19 heavy (non-hydrogen) atoms. The lowest BCUT2D eigenvalue weighted by atomic mass is 10.1. The Balaban J connectivity index is 2.17. The number of rotatable bonds is 3. The minimum absolute atomic E-state index is 0.0667. The first-order chi connectivity index (χ1) is 9.09. The van der Waals surface area contributed by atoms with Gasteiger partial charge < -0.3 is 4.90 Å². The summed E-state index contributed by atoms with van der Waals surface area (Å²) < 4.78 is 13.5. The van der Waals surface area contributed by atoms with Crippen LogP contribution in [0, 0.1) is 5.82 Å². The molecule has 0 unspecified atom stereocenters. The van der Waals surface area contributed by atoms with Crippen LogP contribution in [0.4, 0.5) is 4.39 Å². The van der Waals surface area contributed by atoms with E-state index in [1.807, 2.05) is 18.2 Å². The zero-order valence-electron chi connectivity index (χ0n) is 10.4. The largest absolute Gasteiger partial charge is 0.337 e. The summed E-state index contributed by atoms with van der Waals surface area (Å²) >= 11 is 6.04. The molecule has 0 aliphatic heterocycles. The van der Waals surface area contributed by atoms with Crippen LogP contribution >= 0.6 is 11.6 Å². The van der Waals surface area contributed by atoms with E-state index >= 15 is 0 Å². The van der Waals surface area contributed by atoms with Crippen molar-refractivity contribution in [3.63, 3.8) is 0 Å². The van der Waals surface area contributed by atoms with Gasteiger partial charge in [0.1, 0.15) is 5.82 Å². The monoisotopic (exact) mass is 277 g/mol. The van der Waals surface area contributed by atoms with Crippen LogP contribution in [-0.4, -0.2) is 17.9 Å². The van der Waals surface area contributed by atoms with Crippen molar-refractivity contribution in [1.29, 1.82) is 0 Å². The fraction of sp³-hybridized carbons (Fsp3) is 0.133. The lowest BCUT2D eigenvalue weighted by molar-refractivity contribution is 0.0780. The van der Waals surface area contributed by atoms with E-state index in [4.69, 9.17) is 11.6 Å². The summed E-state index contributed by atoms with van der Waals surface area (Å²) in [6.07, 6.45) is 0. The molecule has 0 radical (unpaired) electrons. The van der Waals surface area contributed by atoms with Crippen LogP contribution in [0.3, 0.4) is 0 Å². The molecule has 0 fully saturated rings. The van der Waals surface area contributed by atoms with Crippen LogP contribution in [0.25, 0.3) is 0 Å². The van der Waals surface area contributed by atoms with E-state index in [0.29, 0.717) is 11.6 Å². The summed E-state index contributed by atoms with van der Waals surface area (Å²) in [5, 5.41) is 0.593. The minimum atomic E-state index is -0.515. The molecule has 0 heterocycles. The van der Waals surface area contributed by atoms with Gasteiger partial charge in [0.25, 0.3) is 5.91 Å². The Morgan fingerprint density at radius 2 is 1.79 bits per heavy atom. The maximum atomic E-state index is 13.5. The average molecular weight is 278 g/mol. The molecule has 2 nitrogen and oxygen atoms in total. The van der Waals surface area contributed by atoms with E-state index in [1.54, 1.807) is 25.2 Å². The molecule has 0 spiro atoms. The second kappa shape index (κ2) is 5.85. The molecule has 4 heteroatoms. The molecule has 0 saturated carbocycles. The molecule has 98 valence electrons. The van der Waals surface area contributed by atoms with Crippen molar-refractivity contribution >= 4 is 17.5 Å². The van der Waals surface area contributed by atoms with Crippen LogP contribution in [0.1, 0.15) is 15.9 Å². The molecular formula is C15H13ClFNO. The number of nitrogens with zero attached hydrogens (tertiary/aromatic N) is 1. The SMILES string of the molecule is CN(Cc1ccccc1Cl)C(=O)c1ccccc1F. The summed E-state index contributed by atoms with van der Waals surface area (Å²) in [4.78, 5) is 13.6. The van der Waals surface area contributed by atoms with Gasteiger partial charge in [0.15, 0.2) is 0 Å². The van der Waals surface area contributed by atoms with Crippen LogP contribution < -0.4 is 0 Å². The van der Waals surface area contributed by atoms with Crippen molar-refractivity contribution < 1.29 is 9.18 Å². The Morgan fingerprint density at radius 1 is 1.16 bits per heavy atom. The van der Waals surface area contributed by atoms with Gasteiger partial charge in [-0.25, -0.2) is 4.39 Å². The highest BCUT2D eigenvalue weighted by atomic mass is 35.5. The predicted octanol–water partition coefficient (Wildman–Crippen LogP) is 3.75. The molecular weight excluding hydrogens is 265 g/mol. The number of hydrogen-bond acceptors (Lipinski definition) is 1. The van der Waals surface area contributed by atoms with Gasteiger partial charge in [-0.2, -0.15) is 0 Å². The highest BCUT2D eigenvalue weighted by molar-refractivity contribution is 6.31. The molecule has 0 N–H and O–H groups in total.